The number of amides is 1. The number of para-hydroxylation sites is 2. The maximum atomic E-state index is 14.3. The Hall–Kier alpha value is -3.59. The van der Waals surface area contributed by atoms with Gasteiger partial charge in [-0.2, -0.15) is 5.10 Å². The van der Waals surface area contributed by atoms with Gasteiger partial charge in [0.2, 0.25) is 5.75 Å². The van der Waals surface area contributed by atoms with Crippen LogP contribution in [0, 0.1) is 5.82 Å². The highest BCUT2D eigenvalue weighted by atomic mass is 19.1. The van der Waals surface area contributed by atoms with Crippen LogP contribution in [0.25, 0.3) is 5.69 Å². The standard InChI is InChI=1S/C24H26FN3O5/c1-31-20-11-6-12-21(32-2)23(20)33-14-15(29)13-26-24(30)22-16-7-5-10-18(16)28(27-22)19-9-4-3-8-17(19)25/h3-4,6,8-9,11-12,15,29H,5,7,10,13-14H2,1-2H3,(H,26,30). The highest BCUT2D eigenvalue weighted by Crippen LogP contribution is 2.36. The van der Waals surface area contributed by atoms with Gasteiger partial charge in [-0.1, -0.05) is 18.2 Å². The van der Waals surface area contributed by atoms with Gasteiger partial charge < -0.3 is 24.6 Å². The van der Waals surface area contributed by atoms with Gasteiger partial charge in [0.25, 0.3) is 5.91 Å². The molecule has 0 bridgehead atoms. The zero-order chi connectivity index (χ0) is 23.4. The largest absolute Gasteiger partial charge is 0.493 e. The van der Waals surface area contributed by atoms with E-state index in [1.165, 1.54) is 25.0 Å². The number of aliphatic hydroxyl groups excluding tert-OH is 1. The van der Waals surface area contributed by atoms with Crippen molar-refractivity contribution in [3.05, 3.63) is 65.2 Å². The third kappa shape index (κ3) is 4.63. The quantitative estimate of drug-likeness (QED) is 0.515. The molecule has 174 valence electrons. The van der Waals surface area contributed by atoms with E-state index in [2.05, 4.69) is 10.4 Å². The minimum atomic E-state index is -0.981. The first-order chi connectivity index (χ1) is 16.0. The van der Waals surface area contributed by atoms with Gasteiger partial charge >= 0.3 is 0 Å². The zero-order valence-electron chi connectivity index (χ0n) is 18.5. The van der Waals surface area contributed by atoms with Gasteiger partial charge in [0.15, 0.2) is 17.2 Å². The van der Waals surface area contributed by atoms with Crippen LogP contribution in [-0.2, 0) is 12.8 Å². The summed E-state index contributed by atoms with van der Waals surface area (Å²) in [6.45, 7) is -0.129. The fraction of sp³-hybridized carbons (Fsp3) is 0.333. The molecule has 9 heteroatoms. The van der Waals surface area contributed by atoms with Crippen LogP contribution in [0.4, 0.5) is 4.39 Å². The summed E-state index contributed by atoms with van der Waals surface area (Å²) in [6, 6.07) is 11.5. The second-order valence-corrected chi connectivity index (χ2v) is 7.66. The Morgan fingerprint density at radius 1 is 1.15 bits per heavy atom. The van der Waals surface area contributed by atoms with Crippen molar-refractivity contribution in [3.63, 3.8) is 0 Å². The summed E-state index contributed by atoms with van der Waals surface area (Å²) in [4.78, 5) is 12.8. The van der Waals surface area contributed by atoms with E-state index in [1.54, 1.807) is 36.4 Å². The number of benzene rings is 2. The molecular formula is C24H26FN3O5. The predicted molar refractivity (Wildman–Crippen MR) is 119 cm³/mol. The number of carbonyl (C=O) groups excluding carboxylic acids is 1. The summed E-state index contributed by atoms with van der Waals surface area (Å²) < 4.78 is 32.1. The van der Waals surface area contributed by atoms with E-state index in [0.717, 1.165) is 24.1 Å². The summed E-state index contributed by atoms with van der Waals surface area (Å²) in [5.41, 5.74) is 2.23. The van der Waals surface area contributed by atoms with E-state index in [1.807, 2.05) is 0 Å². The van der Waals surface area contributed by atoms with Crippen molar-refractivity contribution >= 4 is 5.91 Å². The molecule has 1 aliphatic carbocycles. The lowest BCUT2D eigenvalue weighted by atomic mass is 10.2. The highest BCUT2D eigenvalue weighted by Gasteiger charge is 2.28. The molecule has 33 heavy (non-hydrogen) atoms. The summed E-state index contributed by atoms with van der Waals surface area (Å²) in [5.74, 6) is 0.493. The Balaban J connectivity index is 1.42. The molecule has 1 aromatic heterocycles. The molecule has 1 unspecified atom stereocenters. The molecule has 0 aliphatic heterocycles. The van der Waals surface area contributed by atoms with Gasteiger partial charge in [0, 0.05) is 17.8 Å². The number of hydrogen-bond acceptors (Lipinski definition) is 6. The van der Waals surface area contributed by atoms with Crippen LogP contribution >= 0.6 is 0 Å². The fourth-order valence-corrected chi connectivity index (χ4v) is 3.93. The van der Waals surface area contributed by atoms with Crippen LogP contribution in [0.15, 0.2) is 42.5 Å². The number of carbonyl (C=O) groups is 1. The molecule has 1 atom stereocenters. The number of halogens is 1. The van der Waals surface area contributed by atoms with Crippen LogP contribution < -0.4 is 19.5 Å². The monoisotopic (exact) mass is 455 g/mol. The van der Waals surface area contributed by atoms with E-state index >= 15 is 0 Å². The topological polar surface area (TPSA) is 94.8 Å². The number of aromatic nitrogens is 2. The first-order valence-corrected chi connectivity index (χ1v) is 10.7. The van der Waals surface area contributed by atoms with Gasteiger partial charge in [-0.3, -0.25) is 4.79 Å². The molecule has 0 spiro atoms. The van der Waals surface area contributed by atoms with E-state index in [4.69, 9.17) is 14.2 Å². The Morgan fingerprint density at radius 3 is 2.58 bits per heavy atom. The second-order valence-electron chi connectivity index (χ2n) is 7.66. The Morgan fingerprint density at radius 2 is 1.88 bits per heavy atom. The lowest BCUT2D eigenvalue weighted by Gasteiger charge is -2.17. The molecule has 0 radical (unpaired) electrons. The Bertz CT molecular complexity index is 1120. The lowest BCUT2D eigenvalue weighted by molar-refractivity contribution is 0.0829. The van der Waals surface area contributed by atoms with Gasteiger partial charge in [-0.05, 0) is 43.5 Å². The van der Waals surface area contributed by atoms with Gasteiger partial charge in [0.1, 0.15) is 24.2 Å². The average molecular weight is 455 g/mol. The molecule has 1 amide bonds. The number of nitrogens with zero attached hydrogens (tertiary/aromatic N) is 2. The summed E-state index contributed by atoms with van der Waals surface area (Å²) in [5, 5.41) is 17.4. The molecule has 0 saturated carbocycles. The number of hydrogen-bond donors (Lipinski definition) is 2. The molecule has 8 nitrogen and oxygen atoms in total. The van der Waals surface area contributed by atoms with E-state index in [0.29, 0.717) is 29.4 Å². The Kier molecular flexibility index (Phi) is 6.79. The smallest absolute Gasteiger partial charge is 0.272 e. The molecule has 0 saturated heterocycles. The zero-order valence-corrected chi connectivity index (χ0v) is 18.5. The van der Waals surface area contributed by atoms with E-state index < -0.39 is 17.8 Å². The van der Waals surface area contributed by atoms with E-state index in [9.17, 15) is 14.3 Å². The number of ether oxygens (including phenoxy) is 3. The number of nitrogens with one attached hydrogen (secondary N) is 1. The summed E-state index contributed by atoms with van der Waals surface area (Å²) in [6.07, 6.45) is 1.32. The minimum Gasteiger partial charge on any atom is -0.493 e. The third-order valence-corrected chi connectivity index (χ3v) is 5.53. The van der Waals surface area contributed by atoms with Gasteiger partial charge in [0.05, 0.1) is 14.2 Å². The summed E-state index contributed by atoms with van der Waals surface area (Å²) in [7, 11) is 3.02. The molecule has 2 N–H and O–H groups in total. The van der Waals surface area contributed by atoms with Crippen molar-refractivity contribution in [1.82, 2.24) is 15.1 Å². The van der Waals surface area contributed by atoms with Gasteiger partial charge in [-0.15, -0.1) is 0 Å². The molecular weight excluding hydrogens is 429 g/mol. The van der Waals surface area contributed by atoms with Crippen molar-refractivity contribution in [2.75, 3.05) is 27.4 Å². The van der Waals surface area contributed by atoms with Crippen LogP contribution in [0.3, 0.4) is 0 Å². The number of aliphatic hydroxyl groups is 1. The molecule has 4 rings (SSSR count). The van der Waals surface area contributed by atoms with E-state index in [-0.39, 0.29) is 18.8 Å². The number of fused-ring (bicyclic) bond motifs is 1. The first-order valence-electron chi connectivity index (χ1n) is 10.7. The molecule has 3 aromatic rings. The van der Waals surface area contributed by atoms with Crippen LogP contribution in [0.5, 0.6) is 17.2 Å². The SMILES string of the molecule is COc1cccc(OC)c1OCC(O)CNC(=O)c1nn(-c2ccccc2F)c2c1CCC2. The average Bonchev–Trinajstić information content (AvgIpc) is 3.44. The fourth-order valence-electron chi connectivity index (χ4n) is 3.93. The maximum absolute atomic E-state index is 14.3. The maximum Gasteiger partial charge on any atom is 0.272 e. The number of methoxy groups -OCH3 is 2. The molecule has 1 heterocycles. The van der Waals surface area contributed by atoms with Crippen LogP contribution in [-0.4, -0.2) is 54.3 Å². The second kappa shape index (κ2) is 9.91. The minimum absolute atomic E-state index is 0.0440. The Labute approximate surface area is 190 Å². The lowest BCUT2D eigenvalue weighted by Crippen LogP contribution is -2.36. The highest BCUT2D eigenvalue weighted by molar-refractivity contribution is 5.94. The van der Waals surface area contributed by atoms with Crippen molar-refractivity contribution < 1.29 is 28.5 Å². The molecule has 2 aromatic carbocycles. The predicted octanol–water partition coefficient (Wildman–Crippen LogP) is 2.69. The van der Waals surface area contributed by atoms with Gasteiger partial charge in [-0.25, -0.2) is 9.07 Å². The molecule has 1 aliphatic rings. The van der Waals surface area contributed by atoms with Crippen molar-refractivity contribution in [2.24, 2.45) is 0 Å². The van der Waals surface area contributed by atoms with Crippen molar-refractivity contribution in [1.29, 1.82) is 0 Å². The van der Waals surface area contributed by atoms with Crippen LogP contribution in [0.2, 0.25) is 0 Å². The first kappa shape index (κ1) is 22.6. The van der Waals surface area contributed by atoms with Crippen LogP contribution in [0.1, 0.15) is 28.2 Å². The summed E-state index contributed by atoms with van der Waals surface area (Å²) >= 11 is 0. The van der Waals surface area contributed by atoms with Crippen molar-refractivity contribution in [3.8, 4) is 22.9 Å². The normalized spacial score (nSPS) is 13.3. The third-order valence-electron chi connectivity index (χ3n) is 5.53. The number of rotatable bonds is 9. The molecule has 0 fully saturated rings. The van der Waals surface area contributed by atoms with Crippen molar-refractivity contribution in [2.45, 2.75) is 25.4 Å².